The Labute approximate surface area is 203 Å². The molecule has 7 nitrogen and oxygen atoms in total. The van der Waals surface area contributed by atoms with Crippen molar-refractivity contribution in [2.75, 3.05) is 6.54 Å². The van der Waals surface area contributed by atoms with Crippen LogP contribution in [0.25, 0.3) is 11.3 Å². The van der Waals surface area contributed by atoms with E-state index in [9.17, 15) is 35.2 Å². The van der Waals surface area contributed by atoms with E-state index in [1.807, 2.05) is 0 Å². The van der Waals surface area contributed by atoms with Crippen LogP contribution in [0.15, 0.2) is 59.8 Å². The van der Waals surface area contributed by atoms with E-state index < -0.39 is 45.5 Å². The van der Waals surface area contributed by atoms with Gasteiger partial charge < -0.3 is 5.32 Å². The number of sulfonamides is 1. The molecule has 1 saturated heterocycles. The molecule has 1 aliphatic rings. The van der Waals surface area contributed by atoms with Gasteiger partial charge in [0, 0.05) is 30.4 Å². The summed E-state index contributed by atoms with van der Waals surface area (Å²) in [6.07, 6.45) is -2.11. The zero-order valence-corrected chi connectivity index (χ0v) is 19.3. The van der Waals surface area contributed by atoms with Crippen LogP contribution in [0.4, 0.5) is 22.0 Å². The molecule has 0 spiro atoms. The number of rotatable bonds is 6. The highest BCUT2D eigenvalue weighted by molar-refractivity contribution is 7.89. The van der Waals surface area contributed by atoms with Crippen LogP contribution in [0.2, 0.25) is 0 Å². The van der Waals surface area contributed by atoms with Gasteiger partial charge in [0.2, 0.25) is 15.9 Å². The van der Waals surface area contributed by atoms with Crippen molar-refractivity contribution in [1.29, 1.82) is 0 Å². The maximum Gasteiger partial charge on any atom is 0.433 e. The number of aromatic nitrogens is 2. The zero-order valence-electron chi connectivity index (χ0n) is 18.5. The Morgan fingerprint density at radius 1 is 1.06 bits per heavy atom. The zero-order chi connectivity index (χ0) is 26.1. The van der Waals surface area contributed by atoms with Crippen molar-refractivity contribution < 1.29 is 35.2 Å². The summed E-state index contributed by atoms with van der Waals surface area (Å²) in [6.45, 7) is -0.221. The quantitative estimate of drug-likeness (QED) is 0.492. The number of hydrogen-bond donors (Lipinski definition) is 1. The third-order valence-corrected chi connectivity index (χ3v) is 7.59. The first kappa shape index (κ1) is 25.6. The van der Waals surface area contributed by atoms with Gasteiger partial charge in [0.15, 0.2) is 0 Å². The molecule has 0 radical (unpaired) electrons. The standard InChI is InChI=1S/C23H19F5N4O3S/c24-16-4-6-17(7-5-16)36(34,35)32-9-1-2-20(32)22(33)31-12-15-10-19(29-13-18(15)25)14-3-8-21(30-11-14)23(26,27)28/h3-8,10-11,13,20H,1-2,9,12H2,(H,31,33)/t20-/m0/s1. The minimum absolute atomic E-state index is 0.000753. The van der Waals surface area contributed by atoms with Gasteiger partial charge in [0.25, 0.3) is 0 Å². The number of pyridine rings is 2. The lowest BCUT2D eigenvalue weighted by atomic mass is 10.1. The molecule has 0 unspecified atom stereocenters. The number of carbonyl (C=O) groups excluding carboxylic acids is 1. The Kier molecular flexibility index (Phi) is 7.05. The van der Waals surface area contributed by atoms with Crippen LogP contribution in [-0.4, -0.2) is 41.2 Å². The second-order valence-corrected chi connectivity index (χ2v) is 9.93. The molecule has 1 fully saturated rings. The van der Waals surface area contributed by atoms with Gasteiger partial charge in [-0.05, 0) is 55.3 Å². The van der Waals surface area contributed by atoms with E-state index in [1.54, 1.807) is 0 Å². The predicted octanol–water partition coefficient (Wildman–Crippen LogP) is 3.91. The second kappa shape index (κ2) is 9.90. The summed E-state index contributed by atoms with van der Waals surface area (Å²) in [7, 11) is -4.06. The van der Waals surface area contributed by atoms with Gasteiger partial charge >= 0.3 is 6.18 Å². The molecule has 3 aromatic rings. The SMILES string of the molecule is O=C(NCc1cc(-c2ccc(C(F)(F)F)nc2)ncc1F)[C@@H]1CCCN1S(=O)(=O)c1ccc(F)cc1. The topological polar surface area (TPSA) is 92.3 Å². The summed E-state index contributed by atoms with van der Waals surface area (Å²) in [5.41, 5.74) is -0.733. The van der Waals surface area contributed by atoms with Crippen LogP contribution in [0, 0.1) is 11.6 Å². The third kappa shape index (κ3) is 5.36. The van der Waals surface area contributed by atoms with Gasteiger partial charge in [-0.2, -0.15) is 17.5 Å². The Hall–Kier alpha value is -3.45. The van der Waals surface area contributed by atoms with Crippen molar-refractivity contribution in [1.82, 2.24) is 19.6 Å². The number of halogens is 5. The first-order valence-corrected chi connectivity index (χ1v) is 12.1. The van der Waals surface area contributed by atoms with E-state index in [0.717, 1.165) is 53.1 Å². The molecule has 0 bridgehead atoms. The average molecular weight is 526 g/mol. The highest BCUT2D eigenvalue weighted by Crippen LogP contribution is 2.29. The van der Waals surface area contributed by atoms with Gasteiger partial charge in [0.1, 0.15) is 23.4 Å². The third-order valence-electron chi connectivity index (χ3n) is 5.66. The largest absolute Gasteiger partial charge is 0.433 e. The molecule has 3 heterocycles. The number of carbonyl (C=O) groups is 1. The number of nitrogens with zero attached hydrogens (tertiary/aromatic N) is 3. The fourth-order valence-corrected chi connectivity index (χ4v) is 5.48. The average Bonchev–Trinajstić information content (AvgIpc) is 3.34. The molecule has 1 aliphatic heterocycles. The summed E-state index contributed by atoms with van der Waals surface area (Å²) in [6, 6.07) is 6.39. The summed E-state index contributed by atoms with van der Waals surface area (Å²) < 4.78 is 92.7. The molecule has 0 saturated carbocycles. The van der Waals surface area contributed by atoms with Crippen LogP contribution in [-0.2, 0) is 27.5 Å². The van der Waals surface area contributed by atoms with Crippen LogP contribution >= 0.6 is 0 Å². The fraction of sp³-hybridized carbons (Fsp3) is 0.261. The van der Waals surface area contributed by atoms with Crippen molar-refractivity contribution >= 4 is 15.9 Å². The van der Waals surface area contributed by atoms with Gasteiger partial charge in [-0.25, -0.2) is 17.2 Å². The van der Waals surface area contributed by atoms with Crippen molar-refractivity contribution in [3.63, 3.8) is 0 Å². The molecule has 36 heavy (non-hydrogen) atoms. The molecule has 2 aromatic heterocycles. The first-order chi connectivity index (χ1) is 17.0. The Morgan fingerprint density at radius 2 is 1.78 bits per heavy atom. The van der Waals surface area contributed by atoms with Gasteiger partial charge in [-0.3, -0.25) is 14.8 Å². The predicted molar refractivity (Wildman–Crippen MR) is 118 cm³/mol. The number of alkyl halides is 3. The Bertz CT molecular complexity index is 1360. The van der Waals surface area contributed by atoms with Crippen LogP contribution in [0.3, 0.4) is 0 Å². The summed E-state index contributed by atoms with van der Waals surface area (Å²) in [4.78, 5) is 19.9. The van der Waals surface area contributed by atoms with Gasteiger partial charge in [0.05, 0.1) is 16.8 Å². The lowest BCUT2D eigenvalue weighted by Crippen LogP contribution is -2.45. The number of amides is 1. The molecular formula is C23H19F5N4O3S. The normalized spacial score (nSPS) is 16.8. The molecule has 1 amide bonds. The molecular weight excluding hydrogens is 507 g/mol. The lowest BCUT2D eigenvalue weighted by molar-refractivity contribution is -0.141. The second-order valence-electron chi connectivity index (χ2n) is 8.04. The summed E-state index contributed by atoms with van der Waals surface area (Å²) in [5, 5.41) is 2.51. The Morgan fingerprint density at radius 3 is 2.42 bits per heavy atom. The van der Waals surface area contributed by atoms with Crippen molar-refractivity contribution in [3.8, 4) is 11.3 Å². The number of benzene rings is 1. The lowest BCUT2D eigenvalue weighted by Gasteiger charge is -2.23. The molecule has 4 rings (SSSR count). The van der Waals surface area contributed by atoms with Crippen LogP contribution in [0.1, 0.15) is 24.1 Å². The maximum absolute atomic E-state index is 14.3. The van der Waals surface area contributed by atoms with Crippen LogP contribution < -0.4 is 5.32 Å². The molecule has 1 aromatic carbocycles. The molecule has 0 aliphatic carbocycles. The van der Waals surface area contributed by atoms with E-state index >= 15 is 0 Å². The molecule has 190 valence electrons. The molecule has 13 heteroatoms. The monoisotopic (exact) mass is 526 g/mol. The Balaban J connectivity index is 1.48. The summed E-state index contributed by atoms with van der Waals surface area (Å²) in [5.74, 6) is -2.01. The fourth-order valence-electron chi connectivity index (χ4n) is 3.82. The minimum Gasteiger partial charge on any atom is -0.351 e. The summed E-state index contributed by atoms with van der Waals surface area (Å²) >= 11 is 0. The molecule has 1 atom stereocenters. The van der Waals surface area contributed by atoms with Crippen molar-refractivity contribution in [2.45, 2.75) is 36.5 Å². The van der Waals surface area contributed by atoms with E-state index in [1.165, 1.54) is 6.07 Å². The minimum atomic E-state index is -4.61. The maximum atomic E-state index is 14.3. The van der Waals surface area contributed by atoms with Crippen molar-refractivity contribution in [2.24, 2.45) is 0 Å². The van der Waals surface area contributed by atoms with Gasteiger partial charge in [-0.1, -0.05) is 0 Å². The van der Waals surface area contributed by atoms with Gasteiger partial charge in [-0.15, -0.1) is 0 Å². The highest BCUT2D eigenvalue weighted by Gasteiger charge is 2.39. The van der Waals surface area contributed by atoms with E-state index in [0.29, 0.717) is 6.42 Å². The number of hydrogen-bond acceptors (Lipinski definition) is 5. The molecule has 1 N–H and O–H groups in total. The van der Waals surface area contributed by atoms with Crippen molar-refractivity contribution in [3.05, 3.63) is 77.8 Å². The van der Waals surface area contributed by atoms with E-state index in [4.69, 9.17) is 0 Å². The highest BCUT2D eigenvalue weighted by atomic mass is 32.2. The smallest absolute Gasteiger partial charge is 0.351 e. The number of nitrogens with one attached hydrogen (secondary N) is 1. The van der Waals surface area contributed by atoms with Crippen LogP contribution in [0.5, 0.6) is 0 Å². The van der Waals surface area contributed by atoms with E-state index in [-0.39, 0.29) is 41.2 Å². The first-order valence-electron chi connectivity index (χ1n) is 10.7. The van der Waals surface area contributed by atoms with E-state index in [2.05, 4.69) is 15.3 Å².